The summed E-state index contributed by atoms with van der Waals surface area (Å²) in [6.07, 6.45) is 0. The standard InChI is InChI=1S/C22H20ClNO5S/c1-3-29-19-11-9-18(10-12-19)24(22(25)16-5-4-6-20(15-16)28-2)30(26,27)21-13-7-17(23)8-14-21/h4-15H,3H2,1-2H3. The molecule has 0 fully saturated rings. The van der Waals surface area contributed by atoms with Gasteiger partial charge in [-0.05, 0) is 73.7 Å². The van der Waals surface area contributed by atoms with Crippen molar-refractivity contribution in [3.63, 3.8) is 0 Å². The molecule has 3 rings (SSSR count). The Morgan fingerprint density at radius 2 is 1.63 bits per heavy atom. The summed E-state index contributed by atoms with van der Waals surface area (Å²) in [4.78, 5) is 13.3. The summed E-state index contributed by atoms with van der Waals surface area (Å²) in [6, 6.07) is 18.2. The fourth-order valence-electron chi connectivity index (χ4n) is 2.79. The average Bonchev–Trinajstić information content (AvgIpc) is 2.75. The van der Waals surface area contributed by atoms with Crippen LogP contribution in [-0.4, -0.2) is 28.0 Å². The van der Waals surface area contributed by atoms with Crippen molar-refractivity contribution in [3.05, 3.63) is 83.4 Å². The minimum absolute atomic E-state index is 0.0583. The van der Waals surface area contributed by atoms with Gasteiger partial charge in [-0.25, -0.2) is 8.42 Å². The first-order valence-corrected chi connectivity index (χ1v) is 10.9. The lowest BCUT2D eigenvalue weighted by Gasteiger charge is -2.23. The van der Waals surface area contributed by atoms with Crippen LogP contribution in [0, 0.1) is 0 Å². The molecule has 0 radical (unpaired) electrons. The van der Waals surface area contributed by atoms with Gasteiger partial charge in [0.05, 0.1) is 24.3 Å². The Balaban J connectivity index is 2.12. The van der Waals surface area contributed by atoms with Crippen molar-refractivity contribution >= 4 is 33.2 Å². The molecule has 0 aliphatic heterocycles. The fraction of sp³-hybridized carbons (Fsp3) is 0.136. The predicted octanol–water partition coefficient (Wildman–Crippen LogP) is 4.78. The normalized spacial score (nSPS) is 11.0. The van der Waals surface area contributed by atoms with E-state index >= 15 is 0 Å². The number of carbonyl (C=O) groups excluding carboxylic acids is 1. The molecule has 1 amide bonds. The molecule has 0 saturated carbocycles. The van der Waals surface area contributed by atoms with Gasteiger partial charge in [0.25, 0.3) is 15.9 Å². The van der Waals surface area contributed by atoms with E-state index in [0.717, 1.165) is 4.31 Å². The Labute approximate surface area is 180 Å². The first-order valence-electron chi connectivity index (χ1n) is 9.09. The number of hydrogen-bond donors (Lipinski definition) is 0. The molecule has 0 aromatic heterocycles. The minimum Gasteiger partial charge on any atom is -0.497 e. The zero-order chi connectivity index (χ0) is 21.7. The summed E-state index contributed by atoms with van der Waals surface area (Å²) < 4.78 is 38.2. The summed E-state index contributed by atoms with van der Waals surface area (Å²) in [6.45, 7) is 2.31. The van der Waals surface area contributed by atoms with Crippen LogP contribution in [0.15, 0.2) is 77.7 Å². The molecule has 0 bridgehead atoms. The molecule has 0 aliphatic rings. The van der Waals surface area contributed by atoms with Crippen LogP contribution in [0.25, 0.3) is 0 Å². The maximum absolute atomic E-state index is 13.4. The van der Waals surface area contributed by atoms with Gasteiger partial charge in [-0.2, -0.15) is 4.31 Å². The number of ether oxygens (including phenoxy) is 2. The highest BCUT2D eigenvalue weighted by Crippen LogP contribution is 2.29. The van der Waals surface area contributed by atoms with Crippen LogP contribution in [0.2, 0.25) is 5.02 Å². The van der Waals surface area contributed by atoms with Gasteiger partial charge < -0.3 is 9.47 Å². The van der Waals surface area contributed by atoms with Crippen LogP contribution < -0.4 is 13.8 Å². The minimum atomic E-state index is -4.22. The van der Waals surface area contributed by atoms with Crippen molar-refractivity contribution in [2.75, 3.05) is 18.0 Å². The van der Waals surface area contributed by atoms with Crippen molar-refractivity contribution in [1.82, 2.24) is 0 Å². The van der Waals surface area contributed by atoms with Crippen molar-refractivity contribution in [1.29, 1.82) is 0 Å². The van der Waals surface area contributed by atoms with Gasteiger partial charge in [-0.3, -0.25) is 4.79 Å². The van der Waals surface area contributed by atoms with E-state index in [9.17, 15) is 13.2 Å². The third kappa shape index (κ3) is 4.58. The van der Waals surface area contributed by atoms with E-state index in [0.29, 0.717) is 23.1 Å². The molecule has 0 spiro atoms. The first-order chi connectivity index (χ1) is 14.4. The second-order valence-electron chi connectivity index (χ2n) is 6.19. The molecule has 156 valence electrons. The molecule has 3 aromatic rings. The number of sulfonamides is 1. The zero-order valence-electron chi connectivity index (χ0n) is 16.4. The van der Waals surface area contributed by atoms with Crippen LogP contribution in [0.3, 0.4) is 0 Å². The van der Waals surface area contributed by atoms with Gasteiger partial charge in [0, 0.05) is 10.6 Å². The van der Waals surface area contributed by atoms with Gasteiger partial charge in [0.15, 0.2) is 0 Å². The number of nitrogens with zero attached hydrogens (tertiary/aromatic N) is 1. The van der Waals surface area contributed by atoms with E-state index in [4.69, 9.17) is 21.1 Å². The van der Waals surface area contributed by atoms with Crippen LogP contribution in [0.1, 0.15) is 17.3 Å². The molecular weight excluding hydrogens is 426 g/mol. The molecule has 0 unspecified atom stereocenters. The third-order valence-corrected chi connectivity index (χ3v) is 6.21. The number of halogens is 1. The Kier molecular flexibility index (Phi) is 6.64. The van der Waals surface area contributed by atoms with Crippen molar-refractivity contribution in [2.45, 2.75) is 11.8 Å². The highest BCUT2D eigenvalue weighted by Gasteiger charge is 2.32. The van der Waals surface area contributed by atoms with Gasteiger partial charge in [0.2, 0.25) is 0 Å². The second-order valence-corrected chi connectivity index (χ2v) is 8.41. The maximum atomic E-state index is 13.4. The molecular formula is C22H20ClNO5S. The Bertz CT molecular complexity index is 1130. The van der Waals surface area contributed by atoms with E-state index in [1.54, 1.807) is 24.3 Å². The molecule has 30 heavy (non-hydrogen) atoms. The number of benzene rings is 3. The van der Waals surface area contributed by atoms with Crippen LogP contribution in [0.4, 0.5) is 5.69 Å². The molecule has 6 nitrogen and oxygen atoms in total. The molecule has 0 saturated heterocycles. The third-order valence-electron chi connectivity index (χ3n) is 4.24. The zero-order valence-corrected chi connectivity index (χ0v) is 18.0. The van der Waals surface area contributed by atoms with Gasteiger partial charge in [-0.1, -0.05) is 17.7 Å². The SMILES string of the molecule is CCOc1ccc(N(C(=O)c2cccc(OC)c2)S(=O)(=O)c2ccc(Cl)cc2)cc1. The first kappa shape index (κ1) is 21.7. The molecule has 0 aliphatic carbocycles. The maximum Gasteiger partial charge on any atom is 0.272 e. The van der Waals surface area contributed by atoms with Crippen molar-refractivity contribution in [3.8, 4) is 11.5 Å². The van der Waals surface area contributed by atoms with E-state index in [1.807, 2.05) is 6.92 Å². The second kappa shape index (κ2) is 9.19. The van der Waals surface area contributed by atoms with Crippen LogP contribution in [0.5, 0.6) is 11.5 Å². The summed E-state index contributed by atoms with van der Waals surface area (Å²) in [7, 11) is -2.75. The summed E-state index contributed by atoms with van der Waals surface area (Å²) >= 11 is 5.89. The predicted molar refractivity (Wildman–Crippen MR) is 116 cm³/mol. The van der Waals surface area contributed by atoms with Crippen molar-refractivity contribution < 1.29 is 22.7 Å². The quantitative estimate of drug-likeness (QED) is 0.523. The largest absolute Gasteiger partial charge is 0.497 e. The van der Waals surface area contributed by atoms with E-state index < -0.39 is 15.9 Å². The number of anilines is 1. The smallest absolute Gasteiger partial charge is 0.272 e. The molecule has 0 atom stereocenters. The lowest BCUT2D eigenvalue weighted by Crippen LogP contribution is -2.37. The molecule has 0 heterocycles. The van der Waals surface area contributed by atoms with E-state index in [-0.39, 0.29) is 16.1 Å². The van der Waals surface area contributed by atoms with Crippen molar-refractivity contribution in [2.24, 2.45) is 0 Å². The Morgan fingerprint density at radius 1 is 0.967 bits per heavy atom. The summed E-state index contributed by atoms with van der Waals surface area (Å²) in [5.41, 5.74) is 0.349. The highest BCUT2D eigenvalue weighted by molar-refractivity contribution is 7.93. The van der Waals surface area contributed by atoms with E-state index in [2.05, 4.69) is 0 Å². The number of carbonyl (C=O) groups is 1. The molecule has 0 N–H and O–H groups in total. The lowest BCUT2D eigenvalue weighted by atomic mass is 10.2. The topological polar surface area (TPSA) is 72.9 Å². The van der Waals surface area contributed by atoms with Gasteiger partial charge in [0.1, 0.15) is 11.5 Å². The number of amides is 1. The fourth-order valence-corrected chi connectivity index (χ4v) is 4.33. The lowest BCUT2D eigenvalue weighted by molar-refractivity contribution is 0.100. The number of methoxy groups -OCH3 is 1. The average molecular weight is 446 g/mol. The van der Waals surface area contributed by atoms with Crippen LogP contribution >= 0.6 is 11.6 Å². The molecule has 3 aromatic carbocycles. The highest BCUT2D eigenvalue weighted by atomic mass is 35.5. The number of hydrogen-bond acceptors (Lipinski definition) is 5. The van der Waals surface area contributed by atoms with Gasteiger partial charge >= 0.3 is 0 Å². The molecule has 8 heteroatoms. The van der Waals surface area contributed by atoms with Gasteiger partial charge in [-0.15, -0.1) is 0 Å². The number of rotatable bonds is 7. The summed E-state index contributed by atoms with van der Waals surface area (Å²) in [5.74, 6) is 0.295. The summed E-state index contributed by atoms with van der Waals surface area (Å²) in [5, 5.41) is 0.390. The Hall–Kier alpha value is -3.03. The monoisotopic (exact) mass is 445 g/mol. The van der Waals surface area contributed by atoms with Crippen LogP contribution in [-0.2, 0) is 10.0 Å². The van der Waals surface area contributed by atoms with E-state index in [1.165, 1.54) is 55.6 Å². The Morgan fingerprint density at radius 3 is 2.23 bits per heavy atom.